The molecule has 0 saturated carbocycles. The van der Waals surface area contributed by atoms with Gasteiger partial charge < -0.3 is 11.6 Å². The molecule has 0 saturated heterocycles. The summed E-state index contributed by atoms with van der Waals surface area (Å²) in [7, 11) is 2.02. The van der Waals surface area contributed by atoms with E-state index in [1.807, 2.05) is 19.4 Å². The molecule has 0 spiro atoms. The molecule has 0 aliphatic carbocycles. The summed E-state index contributed by atoms with van der Waals surface area (Å²) >= 11 is 0. The quantitative estimate of drug-likeness (QED) is 0.322. The minimum absolute atomic E-state index is 0. The maximum absolute atomic E-state index is 3.02. The van der Waals surface area contributed by atoms with Crippen molar-refractivity contribution in [1.29, 1.82) is 0 Å². The molecule has 1 heterocycles. The molecule has 1 aliphatic heterocycles. The van der Waals surface area contributed by atoms with Crippen LogP contribution in [0.4, 0.5) is 0 Å². The van der Waals surface area contributed by atoms with Gasteiger partial charge in [-0.25, -0.2) is 0 Å². The fourth-order valence-electron chi connectivity index (χ4n) is 0.429. The Kier molecular flexibility index (Phi) is 2.98. The maximum Gasteiger partial charge on any atom is 1.00 e. The van der Waals surface area contributed by atoms with Gasteiger partial charge in [-0.1, -0.05) is 0 Å². The zero-order valence-corrected chi connectivity index (χ0v) is 4.81. The standard InChI is InChI=1S/C4H8N2.Li.H/c1-6-3-2-5-4-6;;/h2-3,5H,4H2,1H3;;/q;+1;-1. The van der Waals surface area contributed by atoms with Crippen LogP contribution in [0.3, 0.4) is 0 Å². The third-order valence-corrected chi connectivity index (χ3v) is 0.788. The Morgan fingerprint density at radius 3 is 2.71 bits per heavy atom. The summed E-state index contributed by atoms with van der Waals surface area (Å²) in [4.78, 5) is 2.07. The molecule has 7 heavy (non-hydrogen) atoms. The van der Waals surface area contributed by atoms with Crippen LogP contribution in [0.1, 0.15) is 1.43 Å². The van der Waals surface area contributed by atoms with E-state index in [0.29, 0.717) is 0 Å². The first kappa shape index (κ1) is 6.94. The zero-order valence-electron chi connectivity index (χ0n) is 5.81. The van der Waals surface area contributed by atoms with Crippen LogP contribution in [-0.2, 0) is 0 Å². The molecule has 0 aromatic carbocycles. The first-order valence-corrected chi connectivity index (χ1v) is 2.00. The van der Waals surface area contributed by atoms with E-state index in [2.05, 4.69) is 10.2 Å². The average molecular weight is 92.1 g/mol. The Morgan fingerprint density at radius 1 is 1.86 bits per heavy atom. The van der Waals surface area contributed by atoms with Crippen LogP contribution in [0.15, 0.2) is 12.4 Å². The molecule has 3 heteroatoms. The molecule has 0 unspecified atom stereocenters. The Morgan fingerprint density at radius 2 is 2.57 bits per heavy atom. The third-order valence-electron chi connectivity index (χ3n) is 0.788. The molecular formula is C4H9LiN2. The Hall–Kier alpha value is -0.0626. The summed E-state index contributed by atoms with van der Waals surface area (Å²) in [6.45, 7) is 0.958. The van der Waals surface area contributed by atoms with Crippen molar-refractivity contribution in [2.75, 3.05) is 13.7 Å². The largest absolute Gasteiger partial charge is 1.00 e. The Bertz CT molecular complexity index is 76.4. The van der Waals surface area contributed by atoms with E-state index in [1.165, 1.54) is 0 Å². The maximum atomic E-state index is 3.02. The van der Waals surface area contributed by atoms with Crippen molar-refractivity contribution in [2.45, 2.75) is 0 Å². The first-order chi connectivity index (χ1) is 2.89. The van der Waals surface area contributed by atoms with Gasteiger partial charge in [0.05, 0.1) is 6.67 Å². The summed E-state index contributed by atoms with van der Waals surface area (Å²) in [5, 5.41) is 3.02. The van der Waals surface area contributed by atoms with Gasteiger partial charge in [0.15, 0.2) is 0 Å². The molecule has 1 N–H and O–H groups in total. The van der Waals surface area contributed by atoms with Crippen LogP contribution >= 0.6 is 0 Å². The summed E-state index contributed by atoms with van der Waals surface area (Å²) in [6, 6.07) is 0. The minimum atomic E-state index is 0. The van der Waals surface area contributed by atoms with Gasteiger partial charge >= 0.3 is 18.9 Å². The molecule has 0 fully saturated rings. The van der Waals surface area contributed by atoms with Gasteiger partial charge in [-0.2, -0.15) is 0 Å². The van der Waals surface area contributed by atoms with Gasteiger partial charge in [0.1, 0.15) is 0 Å². The Balaban J connectivity index is 0. The van der Waals surface area contributed by atoms with Crippen molar-refractivity contribution in [3.8, 4) is 0 Å². The van der Waals surface area contributed by atoms with Crippen molar-refractivity contribution in [3.63, 3.8) is 0 Å². The monoisotopic (exact) mass is 92.1 g/mol. The number of hydrogen-bond donors (Lipinski definition) is 1. The zero-order chi connectivity index (χ0) is 4.41. The van der Waals surface area contributed by atoms with Crippen molar-refractivity contribution in [2.24, 2.45) is 0 Å². The van der Waals surface area contributed by atoms with Gasteiger partial charge in [-0.05, 0) is 0 Å². The normalized spacial score (nSPS) is 15.9. The fourth-order valence-corrected chi connectivity index (χ4v) is 0.429. The smallest absolute Gasteiger partial charge is 1.00 e. The summed E-state index contributed by atoms with van der Waals surface area (Å²) in [5.74, 6) is 0. The Labute approximate surface area is 57.2 Å². The van der Waals surface area contributed by atoms with E-state index in [9.17, 15) is 0 Å². The summed E-state index contributed by atoms with van der Waals surface area (Å²) in [5.41, 5.74) is 0. The number of hydrogen-bond acceptors (Lipinski definition) is 2. The summed E-state index contributed by atoms with van der Waals surface area (Å²) in [6.07, 6.45) is 3.93. The number of nitrogens with one attached hydrogen (secondary N) is 1. The molecule has 0 bridgehead atoms. The van der Waals surface area contributed by atoms with Crippen molar-refractivity contribution in [1.82, 2.24) is 10.2 Å². The van der Waals surface area contributed by atoms with Crippen molar-refractivity contribution in [3.05, 3.63) is 12.4 Å². The van der Waals surface area contributed by atoms with Crippen LogP contribution in [0, 0.1) is 0 Å². The van der Waals surface area contributed by atoms with Gasteiger partial charge in [-0.15, -0.1) is 0 Å². The van der Waals surface area contributed by atoms with Crippen LogP contribution in [0.5, 0.6) is 0 Å². The van der Waals surface area contributed by atoms with Gasteiger partial charge in [0.25, 0.3) is 0 Å². The molecule has 0 radical (unpaired) electrons. The SMILES string of the molecule is CN1C=CNC1.[H-].[Li+]. The predicted molar refractivity (Wildman–Crippen MR) is 26.0 cm³/mol. The van der Waals surface area contributed by atoms with E-state index >= 15 is 0 Å². The second-order valence-corrected chi connectivity index (χ2v) is 1.43. The molecule has 0 aromatic heterocycles. The van der Waals surface area contributed by atoms with E-state index in [-0.39, 0.29) is 20.3 Å². The number of nitrogens with zero attached hydrogens (tertiary/aromatic N) is 1. The molecular weight excluding hydrogens is 83.0 g/mol. The second kappa shape index (κ2) is 3.01. The predicted octanol–water partition coefficient (Wildman–Crippen LogP) is -2.93. The van der Waals surface area contributed by atoms with E-state index in [4.69, 9.17) is 0 Å². The van der Waals surface area contributed by atoms with Gasteiger partial charge in [0.2, 0.25) is 0 Å². The van der Waals surface area contributed by atoms with E-state index in [1.54, 1.807) is 0 Å². The second-order valence-electron chi connectivity index (χ2n) is 1.43. The summed E-state index contributed by atoms with van der Waals surface area (Å²) < 4.78 is 0. The first-order valence-electron chi connectivity index (χ1n) is 2.00. The van der Waals surface area contributed by atoms with E-state index < -0.39 is 0 Å². The fraction of sp³-hybridized carbons (Fsp3) is 0.500. The van der Waals surface area contributed by atoms with Crippen LogP contribution in [0.25, 0.3) is 0 Å². The molecule has 0 amide bonds. The van der Waals surface area contributed by atoms with E-state index in [0.717, 1.165) is 6.67 Å². The van der Waals surface area contributed by atoms with Crippen LogP contribution < -0.4 is 24.2 Å². The molecule has 2 nitrogen and oxygen atoms in total. The van der Waals surface area contributed by atoms with Gasteiger partial charge in [0, 0.05) is 19.4 Å². The van der Waals surface area contributed by atoms with Crippen molar-refractivity contribution < 1.29 is 20.3 Å². The molecule has 1 aliphatic rings. The van der Waals surface area contributed by atoms with Crippen molar-refractivity contribution >= 4 is 0 Å². The average Bonchev–Trinajstić information content (AvgIpc) is 1.86. The molecule has 0 aromatic rings. The third kappa shape index (κ3) is 1.91. The van der Waals surface area contributed by atoms with Crippen LogP contribution in [-0.4, -0.2) is 18.6 Å². The molecule has 1 rings (SSSR count). The minimum Gasteiger partial charge on any atom is -1.00 e. The van der Waals surface area contributed by atoms with Gasteiger partial charge in [-0.3, -0.25) is 0 Å². The molecule has 0 atom stereocenters. The molecule has 36 valence electrons. The number of rotatable bonds is 0. The topological polar surface area (TPSA) is 15.3 Å². The van der Waals surface area contributed by atoms with Crippen LogP contribution in [0.2, 0.25) is 0 Å².